The van der Waals surface area contributed by atoms with Gasteiger partial charge in [0.2, 0.25) is 5.91 Å². The van der Waals surface area contributed by atoms with Gasteiger partial charge in [0.1, 0.15) is 11.5 Å². The second-order valence-electron chi connectivity index (χ2n) is 6.22. The summed E-state index contributed by atoms with van der Waals surface area (Å²) in [5.41, 5.74) is 1.84. The van der Waals surface area contributed by atoms with Gasteiger partial charge in [0.05, 0.1) is 19.6 Å². The SMILES string of the molecule is COc1cccc(C2CCCN2C(=O)Cc2ccc(OC(F)F)cc2)c1. The van der Waals surface area contributed by atoms with Crippen molar-refractivity contribution in [1.82, 2.24) is 4.90 Å². The Kier molecular flexibility index (Phi) is 5.71. The summed E-state index contributed by atoms with van der Waals surface area (Å²) < 4.78 is 34.0. The molecule has 1 saturated heterocycles. The molecule has 26 heavy (non-hydrogen) atoms. The lowest BCUT2D eigenvalue weighted by Gasteiger charge is -2.25. The number of amides is 1. The van der Waals surface area contributed by atoms with Crippen LogP contribution in [0.3, 0.4) is 0 Å². The zero-order chi connectivity index (χ0) is 18.5. The van der Waals surface area contributed by atoms with E-state index in [1.54, 1.807) is 19.2 Å². The molecule has 0 saturated carbocycles. The second-order valence-corrected chi connectivity index (χ2v) is 6.22. The highest BCUT2D eigenvalue weighted by Gasteiger charge is 2.30. The van der Waals surface area contributed by atoms with E-state index in [1.165, 1.54) is 12.1 Å². The number of nitrogens with zero attached hydrogens (tertiary/aromatic N) is 1. The minimum absolute atomic E-state index is 0.0258. The molecule has 3 rings (SSSR count). The molecule has 1 aliphatic rings. The van der Waals surface area contributed by atoms with E-state index in [1.807, 2.05) is 29.2 Å². The van der Waals surface area contributed by atoms with Crippen LogP contribution in [0.5, 0.6) is 11.5 Å². The van der Waals surface area contributed by atoms with Crippen molar-refractivity contribution in [1.29, 1.82) is 0 Å². The zero-order valence-corrected chi connectivity index (χ0v) is 14.5. The second kappa shape index (κ2) is 8.17. The Labute approximate surface area is 151 Å². The molecule has 0 bridgehead atoms. The van der Waals surface area contributed by atoms with Gasteiger partial charge in [-0.2, -0.15) is 8.78 Å². The van der Waals surface area contributed by atoms with Gasteiger partial charge < -0.3 is 14.4 Å². The van der Waals surface area contributed by atoms with Gasteiger partial charge >= 0.3 is 6.61 Å². The third kappa shape index (κ3) is 4.31. The predicted octanol–water partition coefficient (Wildman–Crippen LogP) is 4.20. The van der Waals surface area contributed by atoms with Crippen LogP contribution < -0.4 is 9.47 Å². The Morgan fingerprint density at radius 3 is 2.65 bits per heavy atom. The molecule has 2 aromatic carbocycles. The van der Waals surface area contributed by atoms with Crippen molar-refractivity contribution in [2.75, 3.05) is 13.7 Å². The summed E-state index contributed by atoms with van der Waals surface area (Å²) in [4.78, 5) is 14.6. The Morgan fingerprint density at radius 2 is 1.96 bits per heavy atom. The maximum Gasteiger partial charge on any atom is 0.387 e. The highest BCUT2D eigenvalue weighted by molar-refractivity contribution is 5.79. The van der Waals surface area contributed by atoms with Gasteiger partial charge in [-0.05, 0) is 48.2 Å². The quantitative estimate of drug-likeness (QED) is 0.774. The van der Waals surface area contributed by atoms with Crippen LogP contribution in [0.2, 0.25) is 0 Å². The molecule has 2 aromatic rings. The summed E-state index contributed by atoms with van der Waals surface area (Å²) in [6.45, 7) is -2.14. The average Bonchev–Trinajstić information content (AvgIpc) is 3.13. The van der Waals surface area contributed by atoms with Crippen LogP contribution in [-0.2, 0) is 11.2 Å². The van der Waals surface area contributed by atoms with Gasteiger partial charge in [0.15, 0.2) is 0 Å². The Bertz CT molecular complexity index is 749. The van der Waals surface area contributed by atoms with E-state index in [4.69, 9.17) is 4.74 Å². The number of hydrogen-bond donors (Lipinski definition) is 0. The van der Waals surface area contributed by atoms with Crippen LogP contribution in [0.15, 0.2) is 48.5 Å². The summed E-state index contributed by atoms with van der Waals surface area (Å²) in [5.74, 6) is 0.890. The molecular weight excluding hydrogens is 340 g/mol. The van der Waals surface area contributed by atoms with Crippen molar-refractivity contribution in [3.63, 3.8) is 0 Å². The Morgan fingerprint density at radius 1 is 1.19 bits per heavy atom. The largest absolute Gasteiger partial charge is 0.497 e. The number of hydrogen-bond acceptors (Lipinski definition) is 3. The van der Waals surface area contributed by atoms with Crippen LogP contribution in [0.25, 0.3) is 0 Å². The van der Waals surface area contributed by atoms with E-state index in [2.05, 4.69) is 4.74 Å². The third-order valence-corrected chi connectivity index (χ3v) is 4.56. The van der Waals surface area contributed by atoms with E-state index in [0.717, 1.165) is 29.7 Å². The van der Waals surface area contributed by atoms with Crippen LogP contribution in [-0.4, -0.2) is 31.1 Å². The highest BCUT2D eigenvalue weighted by Crippen LogP contribution is 2.34. The summed E-state index contributed by atoms with van der Waals surface area (Å²) in [7, 11) is 1.62. The molecule has 0 radical (unpaired) electrons. The van der Waals surface area contributed by atoms with Crippen LogP contribution in [0.4, 0.5) is 8.78 Å². The van der Waals surface area contributed by atoms with Gasteiger partial charge in [-0.3, -0.25) is 4.79 Å². The van der Waals surface area contributed by atoms with Crippen molar-refractivity contribution >= 4 is 5.91 Å². The van der Waals surface area contributed by atoms with Crippen molar-refractivity contribution in [3.05, 3.63) is 59.7 Å². The normalized spacial score (nSPS) is 16.8. The Hall–Kier alpha value is -2.63. The molecule has 4 nitrogen and oxygen atoms in total. The number of methoxy groups -OCH3 is 1. The fourth-order valence-corrected chi connectivity index (χ4v) is 3.33. The number of rotatable bonds is 6. The number of alkyl halides is 2. The lowest BCUT2D eigenvalue weighted by Crippen LogP contribution is -2.31. The van der Waals surface area contributed by atoms with Crippen molar-refractivity contribution < 1.29 is 23.0 Å². The number of carbonyl (C=O) groups excluding carboxylic acids is 1. The van der Waals surface area contributed by atoms with Gasteiger partial charge in [0.25, 0.3) is 0 Å². The van der Waals surface area contributed by atoms with Crippen LogP contribution in [0, 0.1) is 0 Å². The van der Waals surface area contributed by atoms with Crippen LogP contribution in [0.1, 0.15) is 30.0 Å². The minimum Gasteiger partial charge on any atom is -0.497 e. The first-order valence-corrected chi connectivity index (χ1v) is 8.54. The summed E-state index contributed by atoms with van der Waals surface area (Å²) >= 11 is 0. The number of benzene rings is 2. The fourth-order valence-electron chi connectivity index (χ4n) is 3.33. The summed E-state index contributed by atoms with van der Waals surface area (Å²) in [6.07, 6.45) is 2.10. The number of halogens is 2. The van der Waals surface area contributed by atoms with Gasteiger partial charge in [-0.15, -0.1) is 0 Å². The molecule has 1 aliphatic heterocycles. The van der Waals surface area contributed by atoms with E-state index in [0.29, 0.717) is 6.54 Å². The third-order valence-electron chi connectivity index (χ3n) is 4.56. The van der Waals surface area contributed by atoms with Gasteiger partial charge in [0, 0.05) is 6.54 Å². The molecule has 1 unspecified atom stereocenters. The van der Waals surface area contributed by atoms with E-state index in [-0.39, 0.29) is 24.1 Å². The minimum atomic E-state index is -2.85. The molecular formula is C20H21F2NO3. The summed E-state index contributed by atoms with van der Waals surface area (Å²) in [6, 6.07) is 14.0. The number of likely N-dealkylation sites (tertiary alicyclic amines) is 1. The van der Waals surface area contributed by atoms with Crippen molar-refractivity contribution in [2.45, 2.75) is 31.9 Å². The maximum atomic E-state index is 12.8. The molecule has 0 aromatic heterocycles. The molecule has 1 amide bonds. The molecule has 138 valence electrons. The highest BCUT2D eigenvalue weighted by atomic mass is 19.3. The molecule has 0 aliphatic carbocycles. The molecule has 1 heterocycles. The maximum absolute atomic E-state index is 12.8. The number of ether oxygens (including phenoxy) is 2. The number of carbonyl (C=O) groups is 1. The van der Waals surface area contributed by atoms with Crippen molar-refractivity contribution in [2.24, 2.45) is 0 Å². The molecule has 6 heteroatoms. The first-order chi connectivity index (χ1) is 12.6. The first kappa shape index (κ1) is 18.2. The summed E-state index contributed by atoms with van der Waals surface area (Å²) in [5, 5.41) is 0. The lowest BCUT2D eigenvalue weighted by molar-refractivity contribution is -0.131. The lowest BCUT2D eigenvalue weighted by atomic mass is 10.0. The fraction of sp³-hybridized carbons (Fsp3) is 0.350. The topological polar surface area (TPSA) is 38.8 Å². The van der Waals surface area contributed by atoms with Crippen LogP contribution >= 0.6 is 0 Å². The predicted molar refractivity (Wildman–Crippen MR) is 93.5 cm³/mol. The van der Waals surface area contributed by atoms with Crippen molar-refractivity contribution in [3.8, 4) is 11.5 Å². The van der Waals surface area contributed by atoms with E-state index < -0.39 is 6.61 Å². The Balaban J connectivity index is 1.68. The molecule has 1 fully saturated rings. The van der Waals surface area contributed by atoms with Gasteiger partial charge in [-0.25, -0.2) is 0 Å². The monoisotopic (exact) mass is 361 g/mol. The smallest absolute Gasteiger partial charge is 0.387 e. The molecule has 0 N–H and O–H groups in total. The zero-order valence-electron chi connectivity index (χ0n) is 14.5. The standard InChI is InChI=1S/C20H21F2NO3/c1-25-17-5-2-4-15(13-17)18-6-3-11-23(18)19(24)12-14-7-9-16(10-8-14)26-20(21)22/h2,4-5,7-10,13,18,20H,3,6,11-12H2,1H3. The molecule has 1 atom stereocenters. The average molecular weight is 361 g/mol. The van der Waals surface area contributed by atoms with E-state index in [9.17, 15) is 13.6 Å². The molecule has 0 spiro atoms. The van der Waals surface area contributed by atoms with Gasteiger partial charge in [-0.1, -0.05) is 24.3 Å². The first-order valence-electron chi connectivity index (χ1n) is 8.54. The van der Waals surface area contributed by atoms with E-state index >= 15 is 0 Å².